The molecule has 254 valence electrons. The number of rotatable bonds is 2. The van der Waals surface area contributed by atoms with Gasteiger partial charge in [-0.3, -0.25) is 0 Å². The summed E-state index contributed by atoms with van der Waals surface area (Å²) in [7, 11) is 0. The van der Waals surface area contributed by atoms with E-state index >= 15 is 8.78 Å². The van der Waals surface area contributed by atoms with Gasteiger partial charge in [0.1, 0.15) is 5.69 Å². The molecule has 0 saturated heterocycles. The number of anilines is 2. The van der Waals surface area contributed by atoms with Crippen LogP contribution in [0.2, 0.25) is 0 Å². The Morgan fingerprint density at radius 1 is 0.500 bits per heavy atom. The molecule has 52 heavy (non-hydrogen) atoms. The van der Waals surface area contributed by atoms with Crippen LogP contribution in [0.25, 0.3) is 75.8 Å². The molecule has 6 heteroatoms. The van der Waals surface area contributed by atoms with E-state index in [0.29, 0.717) is 18.5 Å². The first-order valence-corrected chi connectivity index (χ1v) is 17.9. The third-order valence-electron chi connectivity index (χ3n) is 13.1. The highest BCUT2D eigenvalue weighted by Crippen LogP contribution is 2.62. The van der Waals surface area contributed by atoms with E-state index in [1.54, 1.807) is 6.07 Å². The van der Waals surface area contributed by atoms with Gasteiger partial charge in [-0.15, -0.1) is 0 Å². The summed E-state index contributed by atoms with van der Waals surface area (Å²) in [6.45, 7) is 3.97. The average molecular weight is 692 g/mol. The molecule has 11 rings (SSSR count). The van der Waals surface area contributed by atoms with Gasteiger partial charge in [0.25, 0.3) is 0 Å². The van der Waals surface area contributed by atoms with Crippen molar-refractivity contribution >= 4 is 76.0 Å². The predicted octanol–water partition coefficient (Wildman–Crippen LogP) is 13.6. The van der Waals surface area contributed by atoms with Crippen molar-refractivity contribution in [1.29, 1.82) is 0 Å². The van der Waals surface area contributed by atoms with Crippen LogP contribution < -0.4 is 4.90 Å². The minimum absolute atomic E-state index is 0.474. The van der Waals surface area contributed by atoms with Crippen LogP contribution in [0.5, 0.6) is 0 Å². The van der Waals surface area contributed by atoms with Gasteiger partial charge in [0.15, 0.2) is 23.3 Å². The standard InChI is InChI=1S/C46H30F5N/c1-45-18-3-4-19-46(45,2)52(44-42(50)40(48)39(47)41(49)43(44)51)36-17-14-24(20-35(36)45)25-15-16-30-34-22-32-28-11-6-9-23-8-5-10-27(37(23)28)31(32)21-33(34)29-13-7-12-26(25)38(29)30/h5-17,20-22H,3-4,18-19H2,1-2H3. The van der Waals surface area contributed by atoms with Crippen molar-refractivity contribution in [2.45, 2.75) is 50.5 Å². The first-order valence-electron chi connectivity index (χ1n) is 17.9. The van der Waals surface area contributed by atoms with Crippen LogP contribution >= 0.6 is 0 Å². The van der Waals surface area contributed by atoms with Crippen molar-refractivity contribution in [3.63, 3.8) is 0 Å². The molecule has 2 unspecified atom stereocenters. The first-order chi connectivity index (χ1) is 25.1. The molecule has 0 N–H and O–H groups in total. The predicted molar refractivity (Wildman–Crippen MR) is 202 cm³/mol. The van der Waals surface area contributed by atoms with Crippen LogP contribution in [0, 0.1) is 29.1 Å². The number of halogens is 5. The highest BCUT2D eigenvalue weighted by molar-refractivity contribution is 6.38. The fourth-order valence-corrected chi connectivity index (χ4v) is 10.4. The topological polar surface area (TPSA) is 3.24 Å². The lowest BCUT2D eigenvalue weighted by atomic mass is 9.61. The van der Waals surface area contributed by atoms with Gasteiger partial charge in [0.2, 0.25) is 5.82 Å². The number of hydrogen-bond acceptors (Lipinski definition) is 1. The average Bonchev–Trinajstić information content (AvgIpc) is 3.73. The van der Waals surface area contributed by atoms with Gasteiger partial charge in [-0.25, -0.2) is 22.0 Å². The van der Waals surface area contributed by atoms with Gasteiger partial charge < -0.3 is 4.90 Å². The van der Waals surface area contributed by atoms with Crippen LogP contribution in [0.3, 0.4) is 0 Å². The largest absolute Gasteiger partial charge is 0.329 e. The Morgan fingerprint density at radius 3 is 1.69 bits per heavy atom. The van der Waals surface area contributed by atoms with E-state index in [1.807, 2.05) is 13.0 Å². The summed E-state index contributed by atoms with van der Waals surface area (Å²) in [4.78, 5) is 1.41. The molecule has 0 aromatic heterocycles. The Bertz CT molecular complexity index is 2910. The van der Waals surface area contributed by atoms with Crippen molar-refractivity contribution in [2.24, 2.45) is 0 Å². The van der Waals surface area contributed by atoms with Gasteiger partial charge in [0.05, 0.1) is 5.54 Å². The summed E-state index contributed by atoms with van der Waals surface area (Å²) >= 11 is 0. The second kappa shape index (κ2) is 9.88. The Kier molecular flexibility index (Phi) is 5.73. The van der Waals surface area contributed by atoms with Crippen LogP contribution in [0.15, 0.2) is 97.1 Å². The van der Waals surface area contributed by atoms with Crippen molar-refractivity contribution in [3.8, 4) is 11.1 Å². The smallest absolute Gasteiger partial charge is 0.200 e. The maximum Gasteiger partial charge on any atom is 0.200 e. The molecule has 9 aromatic rings. The van der Waals surface area contributed by atoms with Gasteiger partial charge in [-0.1, -0.05) is 92.6 Å². The molecule has 2 aliphatic rings. The van der Waals surface area contributed by atoms with Crippen LogP contribution in [-0.2, 0) is 5.41 Å². The molecule has 0 bridgehead atoms. The SMILES string of the molecule is CC12CCCCC1(C)N(c1c(F)c(F)c(F)c(F)c1F)c1ccc(-c3ccc4c5cc6c(cc5c5cccc3c54)c3cccc4cccc6c43)cc12. The van der Waals surface area contributed by atoms with Crippen molar-refractivity contribution < 1.29 is 22.0 Å². The molecule has 1 aliphatic carbocycles. The van der Waals surface area contributed by atoms with E-state index in [1.165, 1.54) is 64.1 Å². The number of fused-ring (bicyclic) bond motifs is 9. The zero-order valence-corrected chi connectivity index (χ0v) is 28.4. The third-order valence-corrected chi connectivity index (χ3v) is 13.1. The van der Waals surface area contributed by atoms with Crippen molar-refractivity contribution in [3.05, 3.63) is 132 Å². The number of benzene rings is 7. The molecule has 0 radical (unpaired) electrons. The summed E-state index contributed by atoms with van der Waals surface area (Å²) in [6, 6.07) is 34.3. The van der Waals surface area contributed by atoms with Crippen LogP contribution in [-0.4, -0.2) is 5.54 Å². The van der Waals surface area contributed by atoms with E-state index < -0.39 is 45.7 Å². The number of nitrogens with zero attached hydrogens (tertiary/aromatic N) is 1. The molecule has 9 aromatic carbocycles. The van der Waals surface area contributed by atoms with Gasteiger partial charge in [-0.05, 0) is 125 Å². The molecule has 1 aliphatic heterocycles. The second-order valence-corrected chi connectivity index (χ2v) is 15.3. The Hall–Kier alpha value is -5.49. The molecule has 0 amide bonds. The molecule has 1 fully saturated rings. The highest BCUT2D eigenvalue weighted by atomic mass is 19.2. The van der Waals surface area contributed by atoms with Gasteiger partial charge >= 0.3 is 0 Å². The Morgan fingerprint density at radius 2 is 1.04 bits per heavy atom. The van der Waals surface area contributed by atoms with E-state index in [4.69, 9.17) is 0 Å². The maximum atomic E-state index is 15.6. The second-order valence-electron chi connectivity index (χ2n) is 15.3. The fraction of sp³-hybridized carbons (Fsp3) is 0.174. The van der Waals surface area contributed by atoms with Gasteiger partial charge in [-0.2, -0.15) is 0 Å². The zero-order chi connectivity index (χ0) is 35.4. The zero-order valence-electron chi connectivity index (χ0n) is 28.4. The molecular weight excluding hydrogens is 662 g/mol. The maximum absolute atomic E-state index is 15.6. The quantitative estimate of drug-likeness (QED) is 0.0991. The Balaban J connectivity index is 1.14. The summed E-state index contributed by atoms with van der Waals surface area (Å²) in [5.74, 6) is -9.62. The van der Waals surface area contributed by atoms with E-state index in [9.17, 15) is 13.2 Å². The molecular formula is C46H30F5N. The van der Waals surface area contributed by atoms with Crippen molar-refractivity contribution in [2.75, 3.05) is 4.90 Å². The minimum Gasteiger partial charge on any atom is -0.329 e. The summed E-state index contributed by atoms with van der Waals surface area (Å²) in [6.07, 6.45) is 2.92. The molecule has 1 heterocycles. The Labute approximate surface area is 295 Å². The molecule has 1 saturated carbocycles. The number of hydrogen-bond donors (Lipinski definition) is 0. The van der Waals surface area contributed by atoms with E-state index in [0.717, 1.165) is 34.9 Å². The monoisotopic (exact) mass is 691 g/mol. The lowest BCUT2D eigenvalue weighted by molar-refractivity contribution is 0.192. The van der Waals surface area contributed by atoms with E-state index in [2.05, 4.69) is 91.9 Å². The molecule has 0 spiro atoms. The third kappa shape index (κ3) is 3.44. The van der Waals surface area contributed by atoms with Crippen molar-refractivity contribution in [1.82, 2.24) is 0 Å². The minimum atomic E-state index is -2.15. The van der Waals surface area contributed by atoms with Crippen LogP contribution in [0.4, 0.5) is 33.3 Å². The van der Waals surface area contributed by atoms with Gasteiger partial charge in [0, 0.05) is 11.1 Å². The molecule has 1 nitrogen and oxygen atoms in total. The van der Waals surface area contributed by atoms with E-state index in [-0.39, 0.29) is 0 Å². The summed E-state index contributed by atoms with van der Waals surface area (Å²) < 4.78 is 74.7. The first kappa shape index (κ1) is 30.2. The molecule has 2 atom stereocenters. The normalized spacial score (nSPS) is 20.4. The summed E-state index contributed by atoms with van der Waals surface area (Å²) in [5, 5.41) is 14.6. The lowest BCUT2D eigenvalue weighted by Crippen LogP contribution is -2.55. The van der Waals surface area contributed by atoms with Crippen LogP contribution in [0.1, 0.15) is 45.1 Å². The summed E-state index contributed by atoms with van der Waals surface area (Å²) in [5.41, 5.74) is 0.880. The lowest BCUT2D eigenvalue weighted by Gasteiger charge is -2.50. The fourth-order valence-electron chi connectivity index (χ4n) is 10.4. The highest BCUT2D eigenvalue weighted by Gasteiger charge is 2.59.